The Morgan fingerprint density at radius 3 is 2.26 bits per heavy atom. The number of halogens is 2. The van der Waals surface area contributed by atoms with Gasteiger partial charge in [-0.25, -0.2) is 4.39 Å². The Morgan fingerprint density at radius 2 is 1.57 bits per heavy atom. The molecule has 0 aliphatic carbocycles. The number of nitrogens with one attached hydrogen (secondary N) is 3. The highest BCUT2D eigenvalue weighted by Gasteiger charge is 2.16. The molecule has 3 N–H and O–H groups in total. The van der Waals surface area contributed by atoms with Crippen molar-refractivity contribution in [2.24, 2.45) is 0 Å². The first kappa shape index (κ1) is 30.4. The molecule has 0 aromatic heterocycles. The average molecular weight is 603 g/mol. The number of thioether (sulfide) groups is 1. The number of hydrogen-bond donors (Lipinski definition) is 3. The molecule has 0 aliphatic rings. The van der Waals surface area contributed by atoms with Gasteiger partial charge in [-0.2, -0.15) is 0 Å². The van der Waals surface area contributed by atoms with E-state index in [9.17, 15) is 18.8 Å². The number of amides is 3. The van der Waals surface area contributed by atoms with Crippen molar-refractivity contribution < 1.29 is 18.8 Å². The lowest BCUT2D eigenvalue weighted by Crippen LogP contribution is -2.30. The number of carbonyl (C=O) groups excluding carboxylic acids is 3. The molecule has 0 spiro atoms. The van der Waals surface area contributed by atoms with Crippen molar-refractivity contribution in [3.05, 3.63) is 125 Å². The fourth-order valence-electron chi connectivity index (χ4n) is 3.76. The Hall–Kier alpha value is -4.60. The van der Waals surface area contributed by atoms with Crippen LogP contribution in [0.25, 0.3) is 6.08 Å². The maximum atomic E-state index is 13.4. The quantitative estimate of drug-likeness (QED) is 0.139. The summed E-state index contributed by atoms with van der Waals surface area (Å²) in [6.45, 7) is 0. The molecule has 10 heteroatoms. The number of benzene rings is 4. The lowest BCUT2D eigenvalue weighted by atomic mass is 10.1. The van der Waals surface area contributed by atoms with Gasteiger partial charge in [0.1, 0.15) is 11.5 Å². The third-order valence-corrected chi connectivity index (χ3v) is 7.20. The summed E-state index contributed by atoms with van der Waals surface area (Å²) in [5.74, 6) is -1.72. The smallest absolute Gasteiger partial charge is 0.272 e. The van der Waals surface area contributed by atoms with Crippen molar-refractivity contribution in [1.29, 1.82) is 0 Å². The summed E-state index contributed by atoms with van der Waals surface area (Å²) < 4.78 is 13.4. The summed E-state index contributed by atoms with van der Waals surface area (Å²) in [5, 5.41) is 8.16. The maximum absolute atomic E-state index is 13.4. The molecule has 0 atom stereocenters. The minimum atomic E-state index is -0.567. The van der Waals surface area contributed by atoms with Crippen LogP contribution in [0.2, 0.25) is 5.02 Å². The van der Waals surface area contributed by atoms with Crippen LogP contribution in [0.4, 0.5) is 21.5 Å². The van der Waals surface area contributed by atoms with Gasteiger partial charge in [0, 0.05) is 41.6 Å². The van der Waals surface area contributed by atoms with Crippen LogP contribution in [0.3, 0.4) is 0 Å². The van der Waals surface area contributed by atoms with Crippen molar-refractivity contribution in [1.82, 2.24) is 5.32 Å². The van der Waals surface area contributed by atoms with E-state index in [4.69, 9.17) is 11.6 Å². The Balaban J connectivity index is 1.46. The van der Waals surface area contributed by atoms with E-state index in [0.29, 0.717) is 16.9 Å². The fraction of sp³-hybridized carbons (Fsp3) is 0.0938. The molecule has 0 fully saturated rings. The largest absolute Gasteiger partial charge is 0.378 e. The third kappa shape index (κ3) is 8.70. The van der Waals surface area contributed by atoms with E-state index in [1.807, 2.05) is 49.3 Å². The lowest BCUT2D eigenvalue weighted by Gasteiger charge is -2.14. The van der Waals surface area contributed by atoms with Gasteiger partial charge in [0.05, 0.1) is 10.8 Å². The Kier molecular flexibility index (Phi) is 10.4. The second-order valence-electron chi connectivity index (χ2n) is 9.31. The first-order valence-corrected chi connectivity index (χ1v) is 14.2. The van der Waals surface area contributed by atoms with Crippen molar-refractivity contribution in [2.45, 2.75) is 4.90 Å². The van der Waals surface area contributed by atoms with Crippen LogP contribution in [-0.4, -0.2) is 37.6 Å². The summed E-state index contributed by atoms with van der Waals surface area (Å²) in [4.78, 5) is 41.4. The molecule has 0 bridgehead atoms. The topological polar surface area (TPSA) is 90.5 Å². The highest BCUT2D eigenvalue weighted by atomic mass is 35.5. The Bertz CT molecular complexity index is 1610. The van der Waals surface area contributed by atoms with Crippen molar-refractivity contribution >= 4 is 64.2 Å². The van der Waals surface area contributed by atoms with Gasteiger partial charge in [0.2, 0.25) is 5.91 Å². The molecular weight excluding hydrogens is 575 g/mol. The van der Waals surface area contributed by atoms with E-state index in [2.05, 4.69) is 16.0 Å². The predicted octanol–water partition coefficient (Wildman–Crippen LogP) is 6.69. The molecule has 0 saturated heterocycles. The number of carbonyl (C=O) groups is 3. The maximum Gasteiger partial charge on any atom is 0.272 e. The molecule has 0 radical (unpaired) electrons. The zero-order chi connectivity index (χ0) is 30.1. The van der Waals surface area contributed by atoms with Crippen molar-refractivity contribution in [3.63, 3.8) is 0 Å². The zero-order valence-electron chi connectivity index (χ0n) is 22.9. The summed E-state index contributed by atoms with van der Waals surface area (Å²) in [5.41, 5.74) is 3.09. The van der Waals surface area contributed by atoms with Crippen LogP contribution in [0.5, 0.6) is 0 Å². The minimum Gasteiger partial charge on any atom is -0.378 e. The molecule has 0 unspecified atom stereocenters. The van der Waals surface area contributed by atoms with Crippen molar-refractivity contribution in [3.8, 4) is 0 Å². The summed E-state index contributed by atoms with van der Waals surface area (Å²) >= 11 is 7.04. The highest BCUT2D eigenvalue weighted by Crippen LogP contribution is 2.24. The monoisotopic (exact) mass is 602 g/mol. The lowest BCUT2D eigenvalue weighted by molar-refractivity contribution is -0.114. The number of hydrogen-bond acceptors (Lipinski definition) is 5. The minimum absolute atomic E-state index is 0.0665. The fourth-order valence-corrected chi connectivity index (χ4v) is 4.70. The molecule has 214 valence electrons. The standard InChI is InChI=1S/C32H28ClFN4O3S/c1-38(2)25-14-11-21(12-15-25)17-29(37-31(40)22-7-4-3-5-8-22)32(41)36-23-9-6-10-26(18-23)42-20-30(39)35-24-13-16-28(34)27(33)19-24/h3-19H,20H2,1-2H3,(H,35,39)(H,36,41)(H,37,40)/b29-17+. The van der Waals surface area contributed by atoms with Gasteiger partial charge in [-0.05, 0) is 72.3 Å². The summed E-state index contributed by atoms with van der Waals surface area (Å²) in [7, 11) is 3.87. The van der Waals surface area contributed by atoms with E-state index < -0.39 is 17.6 Å². The van der Waals surface area contributed by atoms with Gasteiger partial charge in [-0.1, -0.05) is 48.0 Å². The molecule has 4 aromatic carbocycles. The zero-order valence-corrected chi connectivity index (χ0v) is 24.4. The average Bonchev–Trinajstić information content (AvgIpc) is 2.98. The van der Waals surface area contributed by atoms with Gasteiger partial charge in [0.25, 0.3) is 11.8 Å². The van der Waals surface area contributed by atoms with Gasteiger partial charge in [-0.3, -0.25) is 14.4 Å². The molecule has 4 aromatic rings. The molecule has 0 heterocycles. The van der Waals surface area contributed by atoms with Crippen molar-refractivity contribution in [2.75, 3.05) is 35.4 Å². The summed E-state index contributed by atoms with van der Waals surface area (Å²) in [6.07, 6.45) is 1.61. The molecule has 0 aliphatic heterocycles. The molecule has 0 saturated carbocycles. The Labute approximate surface area is 252 Å². The third-order valence-electron chi connectivity index (χ3n) is 5.91. The van der Waals surface area contributed by atoms with Gasteiger partial charge >= 0.3 is 0 Å². The van der Waals surface area contributed by atoms with E-state index in [0.717, 1.165) is 16.1 Å². The van der Waals surface area contributed by atoms with Crippen LogP contribution in [0.15, 0.2) is 108 Å². The number of anilines is 3. The Morgan fingerprint density at radius 1 is 0.857 bits per heavy atom. The highest BCUT2D eigenvalue weighted by molar-refractivity contribution is 8.00. The van der Waals surface area contributed by atoms with Crippen LogP contribution in [0, 0.1) is 5.82 Å². The molecule has 42 heavy (non-hydrogen) atoms. The van der Waals surface area contributed by atoms with Gasteiger partial charge in [0.15, 0.2) is 0 Å². The predicted molar refractivity (Wildman–Crippen MR) is 168 cm³/mol. The van der Waals surface area contributed by atoms with E-state index in [1.165, 1.54) is 30.0 Å². The number of nitrogens with zero attached hydrogens (tertiary/aromatic N) is 1. The number of rotatable bonds is 10. The first-order valence-electron chi connectivity index (χ1n) is 12.8. The van der Waals surface area contributed by atoms with E-state index >= 15 is 0 Å². The second kappa shape index (κ2) is 14.3. The van der Waals surface area contributed by atoms with E-state index in [-0.39, 0.29) is 22.4 Å². The van der Waals surface area contributed by atoms with Crippen LogP contribution in [0.1, 0.15) is 15.9 Å². The molecule has 4 rings (SSSR count). The normalized spacial score (nSPS) is 11.0. The molecule has 7 nitrogen and oxygen atoms in total. The molecule has 3 amide bonds. The van der Waals surface area contributed by atoms with Gasteiger partial charge in [-0.15, -0.1) is 11.8 Å². The van der Waals surface area contributed by atoms with Crippen LogP contribution >= 0.6 is 23.4 Å². The van der Waals surface area contributed by atoms with E-state index in [1.54, 1.807) is 54.6 Å². The SMILES string of the molecule is CN(C)c1ccc(/C=C(/NC(=O)c2ccccc2)C(=O)Nc2cccc(SCC(=O)Nc3ccc(F)c(Cl)c3)c2)cc1. The van der Waals surface area contributed by atoms with Gasteiger partial charge < -0.3 is 20.9 Å². The first-order chi connectivity index (χ1) is 20.2. The summed E-state index contributed by atoms with van der Waals surface area (Å²) in [6, 6.07) is 27.1. The van der Waals surface area contributed by atoms with Crippen LogP contribution in [-0.2, 0) is 9.59 Å². The molecular formula is C32H28ClFN4O3S. The van der Waals surface area contributed by atoms with Crippen LogP contribution < -0.4 is 20.9 Å². The second-order valence-corrected chi connectivity index (χ2v) is 10.8.